The van der Waals surface area contributed by atoms with Crippen LogP contribution in [-0.2, 0) is 11.3 Å². The molecular formula is C13H19N3O2. The van der Waals surface area contributed by atoms with Gasteiger partial charge in [-0.3, -0.25) is 9.69 Å². The highest BCUT2D eigenvalue weighted by molar-refractivity contribution is 5.93. The molecule has 1 aromatic carbocycles. The average molecular weight is 249 g/mol. The van der Waals surface area contributed by atoms with E-state index in [1.165, 1.54) is 6.92 Å². The van der Waals surface area contributed by atoms with E-state index in [0.29, 0.717) is 6.54 Å². The van der Waals surface area contributed by atoms with Crippen LogP contribution in [0.2, 0.25) is 0 Å². The minimum absolute atomic E-state index is 0.231. The first-order valence-electron chi connectivity index (χ1n) is 5.86. The van der Waals surface area contributed by atoms with Crippen molar-refractivity contribution in [2.45, 2.75) is 20.4 Å². The van der Waals surface area contributed by atoms with Crippen LogP contribution < -0.4 is 11.1 Å². The van der Waals surface area contributed by atoms with Gasteiger partial charge in [0.1, 0.15) is 0 Å². The van der Waals surface area contributed by atoms with Gasteiger partial charge in [-0.15, -0.1) is 0 Å². The number of carbonyl (C=O) groups is 2. The quantitative estimate of drug-likeness (QED) is 0.836. The second-order valence-electron chi connectivity index (χ2n) is 4.04. The van der Waals surface area contributed by atoms with Gasteiger partial charge in [-0.05, 0) is 18.1 Å². The van der Waals surface area contributed by atoms with Crippen molar-refractivity contribution in [1.29, 1.82) is 0 Å². The number of carbonyl (C=O) groups excluding carboxylic acids is 2. The summed E-state index contributed by atoms with van der Waals surface area (Å²) in [6.45, 7) is 4.22. The Morgan fingerprint density at radius 3 is 2.56 bits per heavy atom. The van der Waals surface area contributed by atoms with Crippen molar-refractivity contribution >= 4 is 11.9 Å². The number of benzene rings is 1. The standard InChI is InChI=1S/C13H19N3O2/c1-10-5-3-4-6-12(10)9-15-13(18)16(8-7-14)11(2)17/h3-6H,7-9,14H2,1-2H3,(H,15,18). The molecule has 0 bridgehead atoms. The molecule has 0 aromatic heterocycles. The van der Waals surface area contributed by atoms with E-state index in [-0.39, 0.29) is 19.0 Å². The number of imide groups is 1. The Morgan fingerprint density at radius 1 is 1.33 bits per heavy atom. The molecule has 0 aliphatic carbocycles. The number of hydrogen-bond acceptors (Lipinski definition) is 3. The normalized spacial score (nSPS) is 9.94. The van der Waals surface area contributed by atoms with Crippen LogP contribution in [-0.4, -0.2) is 29.9 Å². The van der Waals surface area contributed by atoms with E-state index in [2.05, 4.69) is 5.32 Å². The predicted octanol–water partition coefficient (Wildman–Crippen LogP) is 1.01. The first-order valence-corrected chi connectivity index (χ1v) is 5.86. The van der Waals surface area contributed by atoms with Gasteiger partial charge in [0.15, 0.2) is 0 Å². The van der Waals surface area contributed by atoms with E-state index in [4.69, 9.17) is 5.73 Å². The minimum Gasteiger partial charge on any atom is -0.334 e. The lowest BCUT2D eigenvalue weighted by molar-refractivity contribution is -0.125. The number of hydrogen-bond donors (Lipinski definition) is 2. The predicted molar refractivity (Wildman–Crippen MR) is 69.9 cm³/mol. The van der Waals surface area contributed by atoms with Gasteiger partial charge in [-0.25, -0.2) is 4.79 Å². The van der Waals surface area contributed by atoms with Crippen LogP contribution in [0.25, 0.3) is 0 Å². The molecule has 3 N–H and O–H groups in total. The molecule has 0 saturated heterocycles. The van der Waals surface area contributed by atoms with Crippen LogP contribution in [0.3, 0.4) is 0 Å². The molecule has 0 saturated carbocycles. The van der Waals surface area contributed by atoms with Crippen molar-refractivity contribution in [1.82, 2.24) is 10.2 Å². The molecule has 0 fully saturated rings. The van der Waals surface area contributed by atoms with Gasteiger partial charge in [0.2, 0.25) is 5.91 Å². The van der Waals surface area contributed by atoms with Gasteiger partial charge >= 0.3 is 6.03 Å². The van der Waals surface area contributed by atoms with Crippen LogP contribution in [0, 0.1) is 6.92 Å². The summed E-state index contributed by atoms with van der Waals surface area (Å²) in [6, 6.07) is 7.37. The largest absolute Gasteiger partial charge is 0.334 e. The number of urea groups is 1. The summed E-state index contributed by atoms with van der Waals surface area (Å²) < 4.78 is 0. The maximum atomic E-state index is 11.8. The van der Waals surface area contributed by atoms with Gasteiger partial charge in [0.05, 0.1) is 0 Å². The highest BCUT2D eigenvalue weighted by atomic mass is 16.2. The van der Waals surface area contributed by atoms with Crippen molar-refractivity contribution in [2.24, 2.45) is 5.73 Å². The maximum absolute atomic E-state index is 11.8. The summed E-state index contributed by atoms with van der Waals surface area (Å²) in [5.41, 5.74) is 7.50. The van der Waals surface area contributed by atoms with Crippen molar-refractivity contribution in [3.05, 3.63) is 35.4 Å². The summed E-state index contributed by atoms with van der Waals surface area (Å²) in [5.74, 6) is -0.303. The van der Waals surface area contributed by atoms with Crippen LogP contribution in [0.1, 0.15) is 18.1 Å². The molecule has 98 valence electrons. The number of rotatable bonds is 4. The molecule has 0 heterocycles. The molecule has 0 aliphatic rings. The number of nitrogens with two attached hydrogens (primary N) is 1. The van der Waals surface area contributed by atoms with Gasteiger partial charge in [0, 0.05) is 26.6 Å². The molecule has 0 radical (unpaired) electrons. The van der Waals surface area contributed by atoms with Crippen LogP contribution in [0.15, 0.2) is 24.3 Å². The van der Waals surface area contributed by atoms with Crippen LogP contribution in [0.5, 0.6) is 0 Å². The van der Waals surface area contributed by atoms with Gasteiger partial charge in [0.25, 0.3) is 0 Å². The zero-order chi connectivity index (χ0) is 13.5. The third-order valence-electron chi connectivity index (χ3n) is 2.67. The molecule has 0 atom stereocenters. The van der Waals surface area contributed by atoms with E-state index in [9.17, 15) is 9.59 Å². The first-order chi connectivity index (χ1) is 8.56. The molecule has 0 aliphatic heterocycles. The Morgan fingerprint density at radius 2 is 2.00 bits per heavy atom. The number of amides is 3. The lowest BCUT2D eigenvalue weighted by Crippen LogP contribution is -2.44. The summed E-state index contributed by atoms with van der Waals surface area (Å²) in [7, 11) is 0. The maximum Gasteiger partial charge on any atom is 0.324 e. The number of nitrogens with one attached hydrogen (secondary N) is 1. The molecule has 0 unspecified atom stereocenters. The number of nitrogens with zero attached hydrogens (tertiary/aromatic N) is 1. The second kappa shape index (κ2) is 6.76. The smallest absolute Gasteiger partial charge is 0.324 e. The van der Waals surface area contributed by atoms with Crippen molar-refractivity contribution in [2.75, 3.05) is 13.1 Å². The molecule has 3 amide bonds. The summed E-state index contributed by atoms with van der Waals surface area (Å²) >= 11 is 0. The fraction of sp³-hybridized carbons (Fsp3) is 0.385. The Hall–Kier alpha value is -1.88. The third kappa shape index (κ3) is 3.85. The molecule has 1 aromatic rings. The van der Waals surface area contributed by atoms with E-state index in [1.807, 2.05) is 31.2 Å². The highest BCUT2D eigenvalue weighted by Crippen LogP contribution is 2.06. The Bertz CT molecular complexity index is 432. The Kier molecular flexibility index (Phi) is 5.32. The topological polar surface area (TPSA) is 75.4 Å². The van der Waals surface area contributed by atoms with Crippen LogP contribution in [0.4, 0.5) is 4.79 Å². The molecular weight excluding hydrogens is 230 g/mol. The fourth-order valence-electron chi connectivity index (χ4n) is 1.61. The van der Waals surface area contributed by atoms with Crippen LogP contribution >= 0.6 is 0 Å². The molecule has 18 heavy (non-hydrogen) atoms. The van der Waals surface area contributed by atoms with Gasteiger partial charge in [-0.1, -0.05) is 24.3 Å². The summed E-state index contributed by atoms with van der Waals surface area (Å²) in [6.07, 6.45) is 0. The molecule has 5 nitrogen and oxygen atoms in total. The van der Waals surface area contributed by atoms with Gasteiger partial charge < -0.3 is 11.1 Å². The van der Waals surface area contributed by atoms with Crippen molar-refractivity contribution < 1.29 is 9.59 Å². The lowest BCUT2D eigenvalue weighted by Gasteiger charge is -2.19. The number of aryl methyl sites for hydroxylation is 1. The zero-order valence-electron chi connectivity index (χ0n) is 10.8. The van der Waals surface area contributed by atoms with E-state index < -0.39 is 6.03 Å². The average Bonchev–Trinajstić information content (AvgIpc) is 2.34. The molecule has 1 rings (SSSR count). The minimum atomic E-state index is -0.406. The Labute approximate surface area is 107 Å². The molecule has 0 spiro atoms. The zero-order valence-corrected chi connectivity index (χ0v) is 10.8. The highest BCUT2D eigenvalue weighted by Gasteiger charge is 2.16. The Balaban J connectivity index is 2.60. The van der Waals surface area contributed by atoms with Crippen molar-refractivity contribution in [3.63, 3.8) is 0 Å². The second-order valence-corrected chi connectivity index (χ2v) is 4.04. The van der Waals surface area contributed by atoms with E-state index >= 15 is 0 Å². The third-order valence-corrected chi connectivity index (χ3v) is 2.67. The monoisotopic (exact) mass is 249 g/mol. The molecule has 5 heteroatoms. The van der Waals surface area contributed by atoms with Gasteiger partial charge in [-0.2, -0.15) is 0 Å². The summed E-state index contributed by atoms with van der Waals surface area (Å²) in [4.78, 5) is 24.2. The fourth-order valence-corrected chi connectivity index (χ4v) is 1.61. The SMILES string of the molecule is CC(=O)N(CCN)C(=O)NCc1ccccc1C. The first kappa shape index (κ1) is 14.2. The van der Waals surface area contributed by atoms with Crippen molar-refractivity contribution in [3.8, 4) is 0 Å². The lowest BCUT2D eigenvalue weighted by atomic mass is 10.1. The summed E-state index contributed by atoms with van der Waals surface area (Å²) in [5, 5.41) is 2.72. The van der Waals surface area contributed by atoms with E-state index in [1.54, 1.807) is 0 Å². The van der Waals surface area contributed by atoms with E-state index in [0.717, 1.165) is 16.0 Å².